The summed E-state index contributed by atoms with van der Waals surface area (Å²) < 4.78 is 0. The SMILES string of the molecule is CCCC[Si](Cc1cccc(C)n1)C(C)(C)C. The molecule has 1 rings (SSSR count). The Morgan fingerprint density at radius 2 is 1.94 bits per heavy atom. The van der Waals surface area contributed by atoms with Gasteiger partial charge in [-0.25, -0.2) is 0 Å². The highest BCUT2D eigenvalue weighted by atomic mass is 28.3. The van der Waals surface area contributed by atoms with Crippen LogP contribution in [0, 0.1) is 6.92 Å². The summed E-state index contributed by atoms with van der Waals surface area (Å²) in [5.41, 5.74) is 2.44. The Hall–Kier alpha value is -0.633. The van der Waals surface area contributed by atoms with Crippen LogP contribution in [-0.2, 0) is 6.04 Å². The third-order valence-electron chi connectivity index (χ3n) is 3.23. The molecule has 0 unspecified atom stereocenters. The molecule has 0 amide bonds. The second-order valence-corrected chi connectivity index (χ2v) is 9.46. The van der Waals surface area contributed by atoms with E-state index in [-0.39, 0.29) is 8.80 Å². The summed E-state index contributed by atoms with van der Waals surface area (Å²) >= 11 is 0. The lowest BCUT2D eigenvalue weighted by molar-refractivity contribution is 0.711. The van der Waals surface area contributed by atoms with E-state index in [9.17, 15) is 0 Å². The summed E-state index contributed by atoms with van der Waals surface area (Å²) in [6, 6.07) is 9.05. The highest BCUT2D eigenvalue weighted by Crippen LogP contribution is 2.32. The first kappa shape index (κ1) is 14.4. The minimum Gasteiger partial charge on any atom is -0.259 e. The number of rotatable bonds is 5. The van der Waals surface area contributed by atoms with Crippen molar-refractivity contribution in [2.24, 2.45) is 0 Å². The van der Waals surface area contributed by atoms with Gasteiger partial charge in [-0.15, -0.1) is 0 Å². The van der Waals surface area contributed by atoms with E-state index in [1.54, 1.807) is 0 Å². The fraction of sp³-hybridized carbons (Fsp3) is 0.667. The van der Waals surface area contributed by atoms with Crippen molar-refractivity contribution in [3.05, 3.63) is 29.6 Å². The number of aryl methyl sites for hydroxylation is 1. The van der Waals surface area contributed by atoms with Gasteiger partial charge in [-0.05, 0) is 30.1 Å². The van der Waals surface area contributed by atoms with Gasteiger partial charge in [-0.3, -0.25) is 4.98 Å². The van der Waals surface area contributed by atoms with E-state index in [1.165, 1.54) is 30.6 Å². The molecule has 1 radical (unpaired) electrons. The first-order chi connectivity index (χ1) is 7.93. The molecule has 0 spiro atoms. The van der Waals surface area contributed by atoms with Gasteiger partial charge in [-0.1, -0.05) is 52.6 Å². The van der Waals surface area contributed by atoms with Crippen molar-refractivity contribution in [1.29, 1.82) is 0 Å². The summed E-state index contributed by atoms with van der Waals surface area (Å²) in [5.74, 6) is 0. The molecule has 1 aromatic heterocycles. The monoisotopic (exact) mass is 248 g/mol. The number of hydrogen-bond donors (Lipinski definition) is 0. The lowest BCUT2D eigenvalue weighted by Crippen LogP contribution is -2.28. The van der Waals surface area contributed by atoms with Crippen molar-refractivity contribution < 1.29 is 0 Å². The van der Waals surface area contributed by atoms with Crippen LogP contribution in [0.5, 0.6) is 0 Å². The van der Waals surface area contributed by atoms with Crippen LogP contribution in [0.4, 0.5) is 0 Å². The fourth-order valence-electron chi connectivity index (χ4n) is 2.04. The summed E-state index contributed by atoms with van der Waals surface area (Å²) in [7, 11) is -0.354. The molecule has 17 heavy (non-hydrogen) atoms. The molecule has 0 atom stereocenters. The van der Waals surface area contributed by atoms with Crippen molar-refractivity contribution in [3.63, 3.8) is 0 Å². The van der Waals surface area contributed by atoms with Gasteiger partial charge in [0.05, 0.1) is 8.80 Å². The van der Waals surface area contributed by atoms with Crippen molar-refractivity contribution in [2.45, 2.75) is 64.6 Å². The van der Waals surface area contributed by atoms with Crippen molar-refractivity contribution >= 4 is 8.80 Å². The van der Waals surface area contributed by atoms with Crippen LogP contribution in [0.3, 0.4) is 0 Å². The molecule has 0 saturated carbocycles. The molecule has 0 aliphatic rings. The van der Waals surface area contributed by atoms with Gasteiger partial charge < -0.3 is 0 Å². The molecular formula is C15H26NSi. The lowest BCUT2D eigenvalue weighted by atomic mass is 10.2. The second kappa shape index (κ2) is 6.34. The highest BCUT2D eigenvalue weighted by Gasteiger charge is 2.26. The van der Waals surface area contributed by atoms with E-state index in [0.717, 1.165) is 5.69 Å². The number of nitrogens with zero attached hydrogens (tertiary/aromatic N) is 1. The predicted octanol–water partition coefficient (Wildman–Crippen LogP) is 4.57. The molecule has 1 nitrogen and oxygen atoms in total. The minimum absolute atomic E-state index is 0.354. The van der Waals surface area contributed by atoms with Crippen LogP contribution in [0.15, 0.2) is 18.2 Å². The summed E-state index contributed by atoms with van der Waals surface area (Å²) in [4.78, 5) is 4.66. The van der Waals surface area contributed by atoms with Gasteiger partial charge in [0, 0.05) is 11.4 Å². The smallest absolute Gasteiger partial charge is 0.0602 e. The maximum absolute atomic E-state index is 4.66. The van der Waals surface area contributed by atoms with E-state index in [4.69, 9.17) is 0 Å². The number of aromatic nitrogens is 1. The highest BCUT2D eigenvalue weighted by molar-refractivity contribution is 6.61. The molecule has 0 aromatic carbocycles. The van der Waals surface area contributed by atoms with Crippen molar-refractivity contribution in [1.82, 2.24) is 4.98 Å². The second-order valence-electron chi connectivity index (χ2n) is 5.90. The van der Waals surface area contributed by atoms with Gasteiger partial charge in [0.2, 0.25) is 0 Å². The standard InChI is InChI=1S/C15H26NSi/c1-6-7-11-17(15(3,4)5)12-14-10-8-9-13(2)16-14/h8-10H,6-7,11-12H2,1-5H3. The summed E-state index contributed by atoms with van der Waals surface area (Å²) in [6.07, 6.45) is 2.68. The number of pyridine rings is 1. The Morgan fingerprint density at radius 3 is 2.47 bits per heavy atom. The van der Waals surface area contributed by atoms with Crippen molar-refractivity contribution in [2.75, 3.05) is 0 Å². The molecule has 0 bridgehead atoms. The molecule has 0 fully saturated rings. The topological polar surface area (TPSA) is 12.9 Å². The zero-order valence-electron chi connectivity index (χ0n) is 12.0. The molecule has 0 N–H and O–H groups in total. The fourth-order valence-corrected chi connectivity index (χ4v) is 4.91. The predicted molar refractivity (Wildman–Crippen MR) is 77.9 cm³/mol. The maximum Gasteiger partial charge on any atom is 0.0602 e. The van der Waals surface area contributed by atoms with E-state index in [2.05, 4.69) is 57.8 Å². The third-order valence-corrected chi connectivity index (χ3v) is 7.10. The molecule has 0 aliphatic carbocycles. The molecule has 95 valence electrons. The number of unbranched alkanes of at least 4 members (excludes halogenated alkanes) is 1. The van der Waals surface area contributed by atoms with Crippen LogP contribution < -0.4 is 0 Å². The summed E-state index contributed by atoms with van der Waals surface area (Å²) in [5, 5.41) is 0.477. The normalized spacial score (nSPS) is 12.1. The molecule has 2 heteroatoms. The van der Waals surface area contributed by atoms with Crippen LogP contribution in [0.2, 0.25) is 11.1 Å². The summed E-state index contributed by atoms with van der Waals surface area (Å²) in [6.45, 7) is 11.6. The number of hydrogen-bond acceptors (Lipinski definition) is 1. The molecular weight excluding hydrogens is 222 g/mol. The third kappa shape index (κ3) is 5.03. The molecule has 0 saturated heterocycles. The van der Waals surface area contributed by atoms with E-state index in [0.29, 0.717) is 5.04 Å². The van der Waals surface area contributed by atoms with Crippen LogP contribution in [0.1, 0.15) is 51.9 Å². The van der Waals surface area contributed by atoms with E-state index in [1.807, 2.05) is 0 Å². The van der Waals surface area contributed by atoms with Crippen LogP contribution >= 0.6 is 0 Å². The Labute approximate surface area is 108 Å². The van der Waals surface area contributed by atoms with Gasteiger partial charge >= 0.3 is 0 Å². The Morgan fingerprint density at radius 1 is 1.24 bits per heavy atom. The quantitative estimate of drug-likeness (QED) is 0.696. The lowest BCUT2D eigenvalue weighted by Gasteiger charge is -2.29. The Bertz CT molecular complexity index is 341. The van der Waals surface area contributed by atoms with E-state index >= 15 is 0 Å². The average Bonchev–Trinajstić information content (AvgIpc) is 2.22. The van der Waals surface area contributed by atoms with Gasteiger partial charge in [0.15, 0.2) is 0 Å². The van der Waals surface area contributed by atoms with Gasteiger partial charge in [0.1, 0.15) is 0 Å². The maximum atomic E-state index is 4.66. The largest absolute Gasteiger partial charge is 0.259 e. The molecule has 1 heterocycles. The van der Waals surface area contributed by atoms with Crippen molar-refractivity contribution in [3.8, 4) is 0 Å². The zero-order valence-corrected chi connectivity index (χ0v) is 13.0. The van der Waals surface area contributed by atoms with E-state index < -0.39 is 0 Å². The van der Waals surface area contributed by atoms with Gasteiger partial charge in [-0.2, -0.15) is 0 Å². The Kier molecular flexibility index (Phi) is 5.38. The van der Waals surface area contributed by atoms with Crippen LogP contribution in [-0.4, -0.2) is 13.8 Å². The molecule has 1 aromatic rings. The first-order valence-corrected chi connectivity index (χ1v) is 8.62. The first-order valence-electron chi connectivity index (χ1n) is 6.71. The zero-order chi connectivity index (χ0) is 12.9. The average molecular weight is 248 g/mol. The van der Waals surface area contributed by atoms with Crippen LogP contribution in [0.25, 0.3) is 0 Å². The Balaban J connectivity index is 2.72. The molecule has 0 aliphatic heterocycles. The van der Waals surface area contributed by atoms with Gasteiger partial charge in [0.25, 0.3) is 0 Å². The minimum atomic E-state index is -0.354.